The number of nitrogens with two attached hydrogens (primary N) is 1. The van der Waals surface area contributed by atoms with E-state index in [2.05, 4.69) is 5.32 Å². The number of aryl methyl sites for hydroxylation is 1. The highest BCUT2D eigenvalue weighted by Gasteiger charge is 2.26. The van der Waals surface area contributed by atoms with Crippen LogP contribution in [0.25, 0.3) is 0 Å². The van der Waals surface area contributed by atoms with E-state index in [1.54, 1.807) is 0 Å². The average Bonchev–Trinajstić information content (AvgIpc) is 2.92. The molecule has 2 aliphatic rings. The molecule has 0 saturated carbocycles. The molecule has 2 atom stereocenters. The Labute approximate surface area is 117 Å². The van der Waals surface area contributed by atoms with Crippen LogP contribution in [0.4, 0.5) is 5.69 Å². The van der Waals surface area contributed by atoms with E-state index in [-0.39, 0.29) is 18.1 Å². The van der Waals surface area contributed by atoms with Crippen LogP contribution in [0.2, 0.25) is 5.02 Å². The van der Waals surface area contributed by atoms with Gasteiger partial charge in [-0.25, -0.2) is 0 Å². The monoisotopic (exact) mass is 280 g/mol. The Morgan fingerprint density at radius 1 is 1.42 bits per heavy atom. The van der Waals surface area contributed by atoms with Crippen molar-refractivity contribution >= 4 is 23.2 Å². The number of hydrogen-bond donors (Lipinski definition) is 2. The summed E-state index contributed by atoms with van der Waals surface area (Å²) in [5.41, 5.74) is 9.05. The lowest BCUT2D eigenvalue weighted by Gasteiger charge is -2.23. The van der Waals surface area contributed by atoms with Crippen molar-refractivity contribution in [1.82, 2.24) is 0 Å². The summed E-state index contributed by atoms with van der Waals surface area (Å²) in [5, 5.41) is 3.38. The van der Waals surface area contributed by atoms with E-state index in [1.165, 1.54) is 0 Å². The summed E-state index contributed by atoms with van der Waals surface area (Å²) >= 11 is 6.25. The van der Waals surface area contributed by atoms with E-state index in [0.29, 0.717) is 17.9 Å². The number of fused-ring (bicyclic) bond motifs is 1. The fraction of sp³-hybridized carbons (Fsp3) is 0.500. The molecule has 1 amide bonds. The summed E-state index contributed by atoms with van der Waals surface area (Å²) in [6.45, 7) is 0.785. The highest BCUT2D eigenvalue weighted by atomic mass is 35.5. The first-order valence-electron chi connectivity index (χ1n) is 6.64. The molecule has 0 spiro atoms. The van der Waals surface area contributed by atoms with Gasteiger partial charge >= 0.3 is 0 Å². The molecule has 3 N–H and O–H groups in total. The van der Waals surface area contributed by atoms with Crippen LogP contribution < -0.4 is 11.1 Å². The van der Waals surface area contributed by atoms with E-state index in [4.69, 9.17) is 22.1 Å². The molecular formula is C14H17ClN2O2. The molecule has 3 rings (SSSR count). The van der Waals surface area contributed by atoms with Crippen molar-refractivity contribution in [3.05, 3.63) is 28.3 Å². The van der Waals surface area contributed by atoms with Crippen molar-refractivity contribution in [2.45, 2.75) is 37.8 Å². The number of nitrogens with one attached hydrogen (secondary N) is 1. The molecule has 102 valence electrons. The predicted octanol–water partition coefficient (Wildman–Crippen LogP) is 2.40. The molecule has 0 radical (unpaired) electrons. The molecule has 2 unspecified atom stereocenters. The van der Waals surface area contributed by atoms with Crippen molar-refractivity contribution in [3.8, 4) is 0 Å². The van der Waals surface area contributed by atoms with E-state index in [1.807, 2.05) is 12.1 Å². The van der Waals surface area contributed by atoms with Crippen LogP contribution in [-0.2, 0) is 16.0 Å². The summed E-state index contributed by atoms with van der Waals surface area (Å²) in [6.07, 6.45) is 3.35. The first kappa shape index (κ1) is 12.9. The molecular weight excluding hydrogens is 264 g/mol. The van der Waals surface area contributed by atoms with Gasteiger partial charge < -0.3 is 15.8 Å². The minimum absolute atomic E-state index is 0.0191. The van der Waals surface area contributed by atoms with Crippen LogP contribution >= 0.6 is 11.6 Å². The molecule has 19 heavy (non-hydrogen) atoms. The van der Waals surface area contributed by atoms with Crippen LogP contribution in [0.15, 0.2) is 12.1 Å². The van der Waals surface area contributed by atoms with Crippen LogP contribution in [-0.4, -0.2) is 18.6 Å². The number of rotatable bonds is 2. The molecule has 0 bridgehead atoms. The van der Waals surface area contributed by atoms with Crippen LogP contribution in [0, 0.1) is 0 Å². The zero-order valence-electron chi connectivity index (χ0n) is 10.6. The predicted molar refractivity (Wildman–Crippen MR) is 74.3 cm³/mol. The van der Waals surface area contributed by atoms with Crippen LogP contribution in [0.3, 0.4) is 0 Å². The quantitative estimate of drug-likeness (QED) is 0.874. The Bertz CT molecular complexity index is 512. The van der Waals surface area contributed by atoms with Crippen molar-refractivity contribution in [3.63, 3.8) is 0 Å². The fourth-order valence-electron chi connectivity index (χ4n) is 2.77. The summed E-state index contributed by atoms with van der Waals surface area (Å²) in [5.74, 6) is 0.0191. The summed E-state index contributed by atoms with van der Waals surface area (Å²) in [4.78, 5) is 11.4. The number of ether oxygens (including phenoxy) is 1. The number of halogens is 1. The lowest BCUT2D eigenvalue weighted by atomic mass is 9.94. The number of anilines is 1. The maximum atomic E-state index is 11.4. The molecule has 0 aliphatic carbocycles. The summed E-state index contributed by atoms with van der Waals surface area (Å²) in [6, 6.07) is 3.74. The van der Waals surface area contributed by atoms with E-state index in [0.717, 1.165) is 36.3 Å². The van der Waals surface area contributed by atoms with Crippen molar-refractivity contribution in [2.24, 2.45) is 5.73 Å². The Morgan fingerprint density at radius 2 is 2.26 bits per heavy atom. The van der Waals surface area contributed by atoms with Crippen LogP contribution in [0.5, 0.6) is 0 Å². The maximum Gasteiger partial charge on any atom is 0.224 e. The van der Waals surface area contributed by atoms with Crippen molar-refractivity contribution < 1.29 is 9.53 Å². The van der Waals surface area contributed by atoms with Crippen molar-refractivity contribution in [1.29, 1.82) is 0 Å². The number of benzene rings is 1. The van der Waals surface area contributed by atoms with Gasteiger partial charge in [0.05, 0.1) is 22.9 Å². The largest absolute Gasteiger partial charge is 0.376 e. The van der Waals surface area contributed by atoms with Crippen molar-refractivity contribution in [2.75, 3.05) is 11.9 Å². The van der Waals surface area contributed by atoms with Gasteiger partial charge in [0.2, 0.25) is 5.91 Å². The van der Waals surface area contributed by atoms with E-state index < -0.39 is 0 Å². The number of carbonyl (C=O) groups is 1. The molecule has 0 aromatic heterocycles. The third-order valence-corrected chi connectivity index (χ3v) is 4.13. The summed E-state index contributed by atoms with van der Waals surface area (Å²) < 4.78 is 5.63. The van der Waals surface area contributed by atoms with Gasteiger partial charge in [-0.1, -0.05) is 17.7 Å². The normalized spacial score (nSPS) is 23.9. The van der Waals surface area contributed by atoms with Gasteiger partial charge in [0.1, 0.15) is 0 Å². The molecule has 1 aromatic carbocycles. The Kier molecular flexibility index (Phi) is 3.48. The lowest BCUT2D eigenvalue weighted by Crippen LogP contribution is -2.26. The number of amides is 1. The summed E-state index contributed by atoms with van der Waals surface area (Å²) in [7, 11) is 0. The first-order valence-corrected chi connectivity index (χ1v) is 7.02. The molecule has 2 heterocycles. The maximum absolute atomic E-state index is 11.4. The van der Waals surface area contributed by atoms with E-state index in [9.17, 15) is 4.79 Å². The van der Waals surface area contributed by atoms with Gasteiger partial charge in [-0.05, 0) is 36.5 Å². The second kappa shape index (κ2) is 5.12. The second-order valence-corrected chi connectivity index (χ2v) is 5.57. The zero-order valence-corrected chi connectivity index (χ0v) is 11.4. The molecule has 5 heteroatoms. The Balaban J connectivity index is 1.91. The van der Waals surface area contributed by atoms with Gasteiger partial charge in [0.15, 0.2) is 0 Å². The fourth-order valence-corrected chi connectivity index (χ4v) is 3.06. The van der Waals surface area contributed by atoms with Crippen LogP contribution in [0.1, 0.15) is 36.4 Å². The van der Waals surface area contributed by atoms with E-state index >= 15 is 0 Å². The average molecular weight is 281 g/mol. The Hall–Kier alpha value is -1.10. The molecule has 1 saturated heterocycles. The Morgan fingerprint density at radius 3 is 3.00 bits per heavy atom. The highest BCUT2D eigenvalue weighted by Crippen LogP contribution is 2.35. The minimum Gasteiger partial charge on any atom is -0.376 e. The van der Waals surface area contributed by atoms with Gasteiger partial charge in [-0.3, -0.25) is 4.79 Å². The van der Waals surface area contributed by atoms with Gasteiger partial charge in [0.25, 0.3) is 0 Å². The topological polar surface area (TPSA) is 64.4 Å². The molecule has 4 nitrogen and oxygen atoms in total. The van der Waals surface area contributed by atoms with Gasteiger partial charge in [-0.2, -0.15) is 0 Å². The second-order valence-electron chi connectivity index (χ2n) is 5.16. The SMILES string of the molecule is NC(c1cc(Cl)c2c(c1)CCC(=O)N2)C1CCCO1. The number of hydrogen-bond acceptors (Lipinski definition) is 3. The smallest absolute Gasteiger partial charge is 0.224 e. The lowest BCUT2D eigenvalue weighted by molar-refractivity contribution is -0.116. The standard InChI is InChI=1S/C14H17ClN2O2/c15-10-7-9(13(16)11-2-1-5-19-11)6-8-3-4-12(18)17-14(8)10/h6-7,11,13H,1-5,16H2,(H,17,18). The highest BCUT2D eigenvalue weighted by molar-refractivity contribution is 6.34. The third-order valence-electron chi connectivity index (χ3n) is 3.83. The molecule has 1 aromatic rings. The zero-order chi connectivity index (χ0) is 13.4. The number of carbonyl (C=O) groups excluding carboxylic acids is 1. The first-order chi connectivity index (χ1) is 9.15. The molecule has 1 fully saturated rings. The van der Waals surface area contributed by atoms with Gasteiger partial charge in [0, 0.05) is 13.0 Å². The van der Waals surface area contributed by atoms with Gasteiger partial charge in [-0.15, -0.1) is 0 Å². The molecule has 2 aliphatic heterocycles. The minimum atomic E-state index is -0.150. The third kappa shape index (κ3) is 2.48.